The number of amides is 1. The number of carbonyl (C=O) groups excluding carboxylic acids is 1. The van der Waals surface area contributed by atoms with Crippen molar-refractivity contribution in [1.82, 2.24) is 14.5 Å². The third-order valence-corrected chi connectivity index (χ3v) is 5.93. The Morgan fingerprint density at radius 2 is 1.79 bits per heavy atom. The number of hydrogen-bond acceptors (Lipinski definition) is 6. The number of para-hydroxylation sites is 2. The number of piperazine rings is 1. The second-order valence-corrected chi connectivity index (χ2v) is 8.22. The van der Waals surface area contributed by atoms with E-state index in [1.54, 1.807) is 0 Å². The number of hydrogen-bond donors (Lipinski definition) is 1. The van der Waals surface area contributed by atoms with Crippen LogP contribution in [0.3, 0.4) is 0 Å². The average molecular weight is 472 g/mol. The van der Waals surface area contributed by atoms with Crippen LogP contribution in [0.25, 0.3) is 11.0 Å². The maximum atomic E-state index is 12.6. The summed E-state index contributed by atoms with van der Waals surface area (Å²) in [5.41, 5.74) is 2.95. The fraction of sp³-hybridized carbons (Fsp3) is 0.417. The van der Waals surface area contributed by atoms with E-state index in [0.29, 0.717) is 25.5 Å². The van der Waals surface area contributed by atoms with Gasteiger partial charge in [0.25, 0.3) is 0 Å². The van der Waals surface area contributed by atoms with E-state index in [1.807, 2.05) is 24.3 Å². The fourth-order valence-electron chi connectivity index (χ4n) is 4.38. The Hall–Kier alpha value is -2.97. The minimum absolute atomic E-state index is 0. The Labute approximate surface area is 199 Å². The zero-order chi connectivity index (χ0) is 21.9. The minimum atomic E-state index is -0.0200. The van der Waals surface area contributed by atoms with Crippen molar-refractivity contribution in [3.05, 3.63) is 42.5 Å². The molecule has 2 aromatic carbocycles. The van der Waals surface area contributed by atoms with E-state index in [0.717, 1.165) is 62.0 Å². The molecular formula is C24H30ClN5O3. The van der Waals surface area contributed by atoms with Crippen LogP contribution in [0.1, 0.15) is 13.3 Å². The van der Waals surface area contributed by atoms with Crippen LogP contribution >= 0.6 is 12.4 Å². The lowest BCUT2D eigenvalue weighted by atomic mass is 10.2. The molecule has 176 valence electrons. The molecule has 2 aliphatic heterocycles. The van der Waals surface area contributed by atoms with Gasteiger partial charge in [0, 0.05) is 44.5 Å². The van der Waals surface area contributed by atoms with Gasteiger partial charge in [-0.25, -0.2) is 4.98 Å². The van der Waals surface area contributed by atoms with Crippen LogP contribution in [0.4, 0.5) is 11.6 Å². The summed E-state index contributed by atoms with van der Waals surface area (Å²) in [7, 11) is 0. The number of aryl methyl sites for hydroxylation is 1. The van der Waals surface area contributed by atoms with Gasteiger partial charge in [-0.3, -0.25) is 9.69 Å². The SMILES string of the molecule is CCCn1c(N2CCN(CC(=O)Nc3ccc4c(c3)OCCO4)CC2)nc2ccccc21.Cl. The first-order valence-corrected chi connectivity index (χ1v) is 11.3. The van der Waals surface area contributed by atoms with Crippen LogP contribution in [0.15, 0.2) is 42.5 Å². The van der Waals surface area contributed by atoms with E-state index in [-0.39, 0.29) is 18.3 Å². The summed E-state index contributed by atoms with van der Waals surface area (Å²) in [5.74, 6) is 2.42. The number of nitrogens with zero attached hydrogens (tertiary/aromatic N) is 4. The molecule has 1 aromatic heterocycles. The summed E-state index contributed by atoms with van der Waals surface area (Å²) < 4.78 is 13.5. The van der Waals surface area contributed by atoms with Gasteiger partial charge >= 0.3 is 0 Å². The van der Waals surface area contributed by atoms with E-state index < -0.39 is 0 Å². The molecule has 1 fully saturated rings. The predicted octanol–water partition coefficient (Wildman–Crippen LogP) is 3.40. The van der Waals surface area contributed by atoms with Crippen molar-refractivity contribution in [2.75, 3.05) is 56.2 Å². The maximum absolute atomic E-state index is 12.6. The van der Waals surface area contributed by atoms with Gasteiger partial charge in [-0.15, -0.1) is 12.4 Å². The third kappa shape index (κ3) is 5.02. The number of halogens is 1. The van der Waals surface area contributed by atoms with Crippen LogP contribution in [-0.4, -0.2) is 66.3 Å². The smallest absolute Gasteiger partial charge is 0.238 e. The summed E-state index contributed by atoms with van der Waals surface area (Å²) >= 11 is 0. The minimum Gasteiger partial charge on any atom is -0.486 e. The molecule has 33 heavy (non-hydrogen) atoms. The van der Waals surface area contributed by atoms with Crippen LogP contribution in [0.5, 0.6) is 11.5 Å². The number of benzene rings is 2. The summed E-state index contributed by atoms with van der Waals surface area (Å²) in [6, 6.07) is 13.8. The number of imidazole rings is 1. The van der Waals surface area contributed by atoms with E-state index in [9.17, 15) is 4.79 Å². The van der Waals surface area contributed by atoms with Gasteiger partial charge < -0.3 is 24.3 Å². The molecule has 2 aliphatic rings. The Kier molecular flexibility index (Phi) is 7.25. The molecule has 1 N–H and O–H groups in total. The van der Waals surface area contributed by atoms with Crippen molar-refractivity contribution in [2.24, 2.45) is 0 Å². The molecule has 0 unspecified atom stereocenters. The highest BCUT2D eigenvalue weighted by atomic mass is 35.5. The second-order valence-electron chi connectivity index (χ2n) is 8.22. The maximum Gasteiger partial charge on any atom is 0.238 e. The topological polar surface area (TPSA) is 71.9 Å². The number of fused-ring (bicyclic) bond motifs is 2. The van der Waals surface area contributed by atoms with E-state index >= 15 is 0 Å². The molecule has 0 saturated carbocycles. The van der Waals surface area contributed by atoms with Crippen LogP contribution in [-0.2, 0) is 11.3 Å². The summed E-state index contributed by atoms with van der Waals surface area (Å²) in [5, 5.41) is 2.98. The first-order valence-electron chi connectivity index (χ1n) is 11.3. The van der Waals surface area contributed by atoms with Gasteiger partial charge in [-0.2, -0.15) is 0 Å². The van der Waals surface area contributed by atoms with Crippen LogP contribution in [0, 0.1) is 0 Å². The first kappa shape index (κ1) is 23.2. The third-order valence-electron chi connectivity index (χ3n) is 5.93. The van der Waals surface area contributed by atoms with Crippen molar-refractivity contribution >= 4 is 41.0 Å². The van der Waals surface area contributed by atoms with Gasteiger partial charge in [0.2, 0.25) is 11.9 Å². The zero-order valence-corrected chi connectivity index (χ0v) is 19.6. The molecule has 9 heteroatoms. The van der Waals surface area contributed by atoms with Gasteiger partial charge in [-0.05, 0) is 30.7 Å². The predicted molar refractivity (Wildman–Crippen MR) is 132 cm³/mol. The Morgan fingerprint density at radius 1 is 1.03 bits per heavy atom. The molecule has 0 spiro atoms. The molecule has 3 heterocycles. The van der Waals surface area contributed by atoms with E-state index in [4.69, 9.17) is 14.5 Å². The molecule has 1 saturated heterocycles. The number of anilines is 2. The lowest BCUT2D eigenvalue weighted by molar-refractivity contribution is -0.117. The number of carbonyl (C=O) groups is 1. The highest BCUT2D eigenvalue weighted by Crippen LogP contribution is 2.32. The summed E-state index contributed by atoms with van der Waals surface area (Å²) in [6.45, 7) is 7.95. The lowest BCUT2D eigenvalue weighted by Crippen LogP contribution is -2.49. The largest absolute Gasteiger partial charge is 0.486 e. The second kappa shape index (κ2) is 10.3. The molecule has 0 radical (unpaired) electrons. The zero-order valence-electron chi connectivity index (χ0n) is 18.8. The van der Waals surface area contributed by atoms with Crippen molar-refractivity contribution < 1.29 is 14.3 Å². The van der Waals surface area contributed by atoms with Crippen molar-refractivity contribution in [1.29, 1.82) is 0 Å². The number of ether oxygens (including phenoxy) is 2. The first-order chi connectivity index (χ1) is 15.7. The highest BCUT2D eigenvalue weighted by Gasteiger charge is 2.23. The average Bonchev–Trinajstić information content (AvgIpc) is 3.18. The van der Waals surface area contributed by atoms with Crippen molar-refractivity contribution in [2.45, 2.75) is 19.9 Å². The Bertz CT molecular complexity index is 1110. The lowest BCUT2D eigenvalue weighted by Gasteiger charge is -2.35. The van der Waals surface area contributed by atoms with Crippen molar-refractivity contribution in [3.63, 3.8) is 0 Å². The van der Waals surface area contributed by atoms with Crippen LogP contribution < -0.4 is 19.7 Å². The van der Waals surface area contributed by atoms with Crippen LogP contribution in [0.2, 0.25) is 0 Å². The van der Waals surface area contributed by atoms with E-state index in [1.165, 1.54) is 5.52 Å². The molecule has 0 bridgehead atoms. The molecule has 5 rings (SSSR count). The normalized spacial score (nSPS) is 15.8. The monoisotopic (exact) mass is 471 g/mol. The molecule has 0 aliphatic carbocycles. The highest BCUT2D eigenvalue weighted by molar-refractivity contribution is 5.92. The number of aromatic nitrogens is 2. The fourth-order valence-corrected chi connectivity index (χ4v) is 4.38. The molecule has 1 amide bonds. The molecule has 3 aromatic rings. The van der Waals surface area contributed by atoms with Crippen molar-refractivity contribution in [3.8, 4) is 11.5 Å². The Morgan fingerprint density at radius 3 is 2.58 bits per heavy atom. The van der Waals surface area contributed by atoms with E-state index in [2.05, 4.69) is 44.8 Å². The quantitative estimate of drug-likeness (QED) is 0.594. The van der Waals surface area contributed by atoms with Gasteiger partial charge in [-0.1, -0.05) is 19.1 Å². The standard InChI is InChI=1S/C24H29N5O3.ClH/c1-2-9-29-20-6-4-3-5-19(20)26-24(29)28-12-10-27(11-13-28)17-23(30)25-18-7-8-21-22(16-18)32-15-14-31-21;/h3-8,16H,2,9-15,17H2,1H3,(H,25,30);1H. The summed E-state index contributed by atoms with van der Waals surface area (Å²) in [4.78, 5) is 22.0. The molecular weight excluding hydrogens is 442 g/mol. The number of nitrogens with one attached hydrogen (secondary N) is 1. The van der Waals surface area contributed by atoms with Gasteiger partial charge in [0.1, 0.15) is 13.2 Å². The molecule has 8 nitrogen and oxygen atoms in total. The number of rotatable bonds is 6. The van der Waals surface area contributed by atoms with Gasteiger partial charge in [0.05, 0.1) is 17.6 Å². The Balaban J connectivity index is 0.00000259. The van der Waals surface area contributed by atoms with Gasteiger partial charge in [0.15, 0.2) is 11.5 Å². The molecule has 0 atom stereocenters. The summed E-state index contributed by atoms with van der Waals surface area (Å²) in [6.07, 6.45) is 1.06.